The van der Waals surface area contributed by atoms with Crippen molar-refractivity contribution in [2.24, 2.45) is 0 Å². The van der Waals surface area contributed by atoms with E-state index in [-0.39, 0.29) is 11.1 Å². The minimum atomic E-state index is -6.40. The molecular weight excluding hydrogens is 407 g/mol. The summed E-state index contributed by atoms with van der Waals surface area (Å²) in [5.74, 6) is 0. The van der Waals surface area contributed by atoms with Crippen LogP contribution in [0.1, 0.15) is 22.8 Å². The van der Waals surface area contributed by atoms with Crippen LogP contribution in [0.15, 0.2) is 61.2 Å². The summed E-state index contributed by atoms with van der Waals surface area (Å²) >= 11 is 0. The van der Waals surface area contributed by atoms with Crippen molar-refractivity contribution in [2.75, 3.05) is 0 Å². The third-order valence-corrected chi connectivity index (χ3v) is 4.70. The van der Waals surface area contributed by atoms with Crippen LogP contribution in [-0.4, -0.2) is 30.5 Å². The molecule has 0 fully saturated rings. The van der Waals surface area contributed by atoms with Gasteiger partial charge in [-0.25, -0.2) is 0 Å². The SMILES string of the molecule is C=Cc1ccc(C(OC(C(F)(F)F)C(F)(F)S(=O)(=O)O)c2ccccc2)cc1. The Balaban J connectivity index is 2.57. The highest BCUT2D eigenvalue weighted by atomic mass is 32.2. The second-order valence-corrected chi connectivity index (χ2v) is 7.25. The molecule has 2 aromatic rings. The van der Waals surface area contributed by atoms with Crippen LogP contribution in [0.4, 0.5) is 22.0 Å². The predicted molar refractivity (Wildman–Crippen MR) is 92.2 cm³/mol. The van der Waals surface area contributed by atoms with Crippen molar-refractivity contribution in [2.45, 2.75) is 23.6 Å². The predicted octanol–water partition coefficient (Wildman–Crippen LogP) is 4.85. The molecule has 0 heterocycles. The quantitative estimate of drug-likeness (QED) is 0.512. The first-order valence-electron chi connectivity index (χ1n) is 7.72. The molecule has 0 aliphatic carbocycles. The molecule has 0 bridgehead atoms. The van der Waals surface area contributed by atoms with Gasteiger partial charge in [0.1, 0.15) is 6.10 Å². The van der Waals surface area contributed by atoms with Crippen molar-refractivity contribution in [3.8, 4) is 0 Å². The molecule has 0 saturated heterocycles. The fourth-order valence-corrected chi connectivity index (χ4v) is 2.86. The molecule has 0 saturated carbocycles. The van der Waals surface area contributed by atoms with Gasteiger partial charge in [0, 0.05) is 0 Å². The van der Waals surface area contributed by atoms with E-state index in [1.165, 1.54) is 54.6 Å². The molecule has 4 nitrogen and oxygen atoms in total. The van der Waals surface area contributed by atoms with E-state index in [1.54, 1.807) is 6.07 Å². The van der Waals surface area contributed by atoms with E-state index in [9.17, 15) is 30.4 Å². The smallest absolute Gasteiger partial charge is 0.349 e. The molecule has 0 spiro atoms. The van der Waals surface area contributed by atoms with Gasteiger partial charge in [-0.3, -0.25) is 4.55 Å². The summed E-state index contributed by atoms with van der Waals surface area (Å²) in [6.07, 6.45) is -10.1. The van der Waals surface area contributed by atoms with Crippen LogP contribution in [0.5, 0.6) is 0 Å². The lowest BCUT2D eigenvalue weighted by Crippen LogP contribution is -2.51. The highest BCUT2D eigenvalue weighted by Gasteiger charge is 2.65. The van der Waals surface area contributed by atoms with E-state index in [4.69, 9.17) is 4.55 Å². The van der Waals surface area contributed by atoms with Gasteiger partial charge in [0.05, 0.1) is 0 Å². The average molecular weight is 422 g/mol. The Morgan fingerprint density at radius 1 is 0.929 bits per heavy atom. The van der Waals surface area contributed by atoms with E-state index in [2.05, 4.69) is 11.3 Å². The van der Waals surface area contributed by atoms with Crippen LogP contribution < -0.4 is 0 Å². The Kier molecular flexibility index (Phi) is 6.27. The second kappa shape index (κ2) is 7.98. The van der Waals surface area contributed by atoms with E-state index in [1.807, 2.05) is 0 Å². The van der Waals surface area contributed by atoms with Crippen molar-refractivity contribution in [1.29, 1.82) is 0 Å². The van der Waals surface area contributed by atoms with Gasteiger partial charge in [0.2, 0.25) is 6.10 Å². The Labute approximate surface area is 158 Å². The maximum Gasteiger partial charge on any atom is 0.421 e. The molecule has 10 heteroatoms. The summed E-state index contributed by atoms with van der Waals surface area (Å²) in [4.78, 5) is 0. The molecule has 152 valence electrons. The van der Waals surface area contributed by atoms with Crippen LogP contribution in [0, 0.1) is 0 Å². The Morgan fingerprint density at radius 2 is 1.43 bits per heavy atom. The molecule has 2 atom stereocenters. The number of benzene rings is 2. The van der Waals surface area contributed by atoms with Gasteiger partial charge < -0.3 is 4.74 Å². The van der Waals surface area contributed by atoms with Crippen LogP contribution in [0.25, 0.3) is 6.08 Å². The number of hydrogen-bond donors (Lipinski definition) is 1. The first kappa shape index (κ1) is 22.0. The van der Waals surface area contributed by atoms with E-state index >= 15 is 0 Å². The molecule has 2 aromatic carbocycles. The maximum absolute atomic E-state index is 13.9. The standard InChI is InChI=1S/C18H15F5O4S/c1-2-12-8-10-14(11-9-12)15(13-6-4-3-5-7-13)27-16(17(19,20)21)18(22,23)28(24,25)26/h2-11,15-16H,1H2,(H,24,25,26). The molecule has 0 radical (unpaired) electrons. The second-order valence-electron chi connectivity index (χ2n) is 5.76. The van der Waals surface area contributed by atoms with Gasteiger partial charge >= 0.3 is 21.5 Å². The molecule has 1 N–H and O–H groups in total. The molecule has 2 unspecified atom stereocenters. The number of ether oxygens (including phenoxy) is 1. The minimum Gasteiger partial charge on any atom is -0.349 e. The van der Waals surface area contributed by atoms with Crippen molar-refractivity contribution in [1.82, 2.24) is 0 Å². The van der Waals surface area contributed by atoms with Gasteiger partial charge in [-0.1, -0.05) is 67.3 Å². The Morgan fingerprint density at radius 3 is 1.86 bits per heavy atom. The zero-order valence-corrected chi connectivity index (χ0v) is 14.9. The van der Waals surface area contributed by atoms with Gasteiger partial charge in [-0.15, -0.1) is 0 Å². The van der Waals surface area contributed by atoms with Crippen LogP contribution in [-0.2, 0) is 14.9 Å². The summed E-state index contributed by atoms with van der Waals surface area (Å²) in [5.41, 5.74) is 0.762. The molecular formula is C18H15F5O4S. The summed E-state index contributed by atoms with van der Waals surface area (Å²) in [7, 11) is -6.40. The van der Waals surface area contributed by atoms with E-state index in [0.29, 0.717) is 5.56 Å². The molecule has 28 heavy (non-hydrogen) atoms. The molecule has 0 aliphatic heterocycles. The van der Waals surface area contributed by atoms with Crippen molar-refractivity contribution in [3.05, 3.63) is 77.9 Å². The number of halogens is 5. The summed E-state index contributed by atoms with van der Waals surface area (Å²) in [6.45, 7) is 3.53. The topological polar surface area (TPSA) is 63.6 Å². The molecule has 0 amide bonds. The summed E-state index contributed by atoms with van der Waals surface area (Å²) in [6, 6.07) is 12.8. The van der Waals surface area contributed by atoms with Crippen LogP contribution in [0.2, 0.25) is 0 Å². The zero-order chi connectivity index (χ0) is 21.2. The van der Waals surface area contributed by atoms with Crippen LogP contribution >= 0.6 is 0 Å². The van der Waals surface area contributed by atoms with Gasteiger partial charge in [-0.2, -0.15) is 30.4 Å². The summed E-state index contributed by atoms with van der Waals surface area (Å²) < 4.78 is 103. The molecule has 0 aliphatic rings. The van der Waals surface area contributed by atoms with Crippen molar-refractivity contribution >= 4 is 16.2 Å². The Hall–Kier alpha value is -2.30. The lowest BCUT2D eigenvalue weighted by molar-refractivity contribution is -0.273. The van der Waals surface area contributed by atoms with Crippen LogP contribution in [0.3, 0.4) is 0 Å². The average Bonchev–Trinajstić information content (AvgIpc) is 2.61. The Bertz CT molecular complexity index is 909. The van der Waals surface area contributed by atoms with E-state index in [0.717, 1.165) is 0 Å². The largest absolute Gasteiger partial charge is 0.421 e. The lowest BCUT2D eigenvalue weighted by atomic mass is 10.00. The first-order valence-corrected chi connectivity index (χ1v) is 9.16. The number of hydrogen-bond acceptors (Lipinski definition) is 3. The highest BCUT2D eigenvalue weighted by molar-refractivity contribution is 7.86. The number of rotatable bonds is 7. The maximum atomic E-state index is 13.9. The van der Waals surface area contributed by atoms with Gasteiger partial charge in [0.25, 0.3) is 0 Å². The fraction of sp³-hybridized carbons (Fsp3) is 0.222. The van der Waals surface area contributed by atoms with Crippen molar-refractivity contribution < 1.29 is 39.7 Å². The fourth-order valence-electron chi connectivity index (χ4n) is 2.40. The highest BCUT2D eigenvalue weighted by Crippen LogP contribution is 2.42. The van der Waals surface area contributed by atoms with Gasteiger partial charge in [0.15, 0.2) is 0 Å². The molecule has 2 rings (SSSR count). The summed E-state index contributed by atoms with van der Waals surface area (Å²) in [5, 5.41) is -5.61. The zero-order valence-electron chi connectivity index (χ0n) is 14.1. The van der Waals surface area contributed by atoms with Crippen molar-refractivity contribution in [3.63, 3.8) is 0 Å². The minimum absolute atomic E-state index is 0.0668. The monoisotopic (exact) mass is 422 g/mol. The normalized spacial score (nSPS) is 15.1. The number of alkyl halides is 5. The molecule has 0 aromatic heterocycles. The third kappa shape index (κ3) is 4.75. The third-order valence-electron chi connectivity index (χ3n) is 3.80. The lowest BCUT2D eigenvalue weighted by Gasteiger charge is -2.30. The van der Waals surface area contributed by atoms with Gasteiger partial charge in [-0.05, 0) is 16.7 Å². The van der Waals surface area contributed by atoms with E-state index < -0.39 is 33.8 Å². The first-order chi connectivity index (χ1) is 12.9.